The molecule has 1 aliphatic rings. The van der Waals surface area contributed by atoms with E-state index in [0.717, 1.165) is 11.3 Å². The second-order valence-electron chi connectivity index (χ2n) is 4.82. The van der Waals surface area contributed by atoms with Crippen LogP contribution >= 0.6 is 0 Å². The minimum Gasteiger partial charge on any atom is -0.491 e. The third-order valence-corrected chi connectivity index (χ3v) is 3.02. The molecule has 0 bridgehead atoms. The van der Waals surface area contributed by atoms with Crippen LogP contribution in [0.5, 0.6) is 5.75 Å². The highest BCUT2D eigenvalue weighted by Crippen LogP contribution is 2.46. The molecule has 0 N–H and O–H groups in total. The van der Waals surface area contributed by atoms with Gasteiger partial charge >= 0.3 is 5.97 Å². The first kappa shape index (κ1) is 12.9. The molecule has 0 aliphatic carbocycles. The summed E-state index contributed by atoms with van der Waals surface area (Å²) < 4.78 is 15.7. The van der Waals surface area contributed by atoms with Gasteiger partial charge in [-0.3, -0.25) is 0 Å². The first-order valence-electron chi connectivity index (χ1n) is 6.00. The molecule has 2 unspecified atom stereocenters. The number of benzene rings is 1. The van der Waals surface area contributed by atoms with Gasteiger partial charge in [-0.2, -0.15) is 0 Å². The van der Waals surface area contributed by atoms with Gasteiger partial charge in [-0.15, -0.1) is 0 Å². The molecule has 1 aromatic rings. The largest absolute Gasteiger partial charge is 0.491 e. The van der Waals surface area contributed by atoms with Crippen molar-refractivity contribution >= 4 is 5.97 Å². The van der Waals surface area contributed by atoms with Crippen molar-refractivity contribution in [3.05, 3.63) is 29.8 Å². The van der Waals surface area contributed by atoms with Gasteiger partial charge in [0.2, 0.25) is 0 Å². The smallest absolute Gasteiger partial charge is 0.338 e. The van der Waals surface area contributed by atoms with Gasteiger partial charge in [-0.25, -0.2) is 4.79 Å². The SMILES string of the molecule is COC(=O)C1OC1(C)c1ccc(OC(C)C)cc1. The molecule has 98 valence electrons. The molecule has 0 saturated carbocycles. The monoisotopic (exact) mass is 250 g/mol. The topological polar surface area (TPSA) is 48.1 Å². The van der Waals surface area contributed by atoms with Gasteiger partial charge < -0.3 is 14.2 Å². The molecular formula is C14H18O4. The van der Waals surface area contributed by atoms with E-state index in [4.69, 9.17) is 9.47 Å². The van der Waals surface area contributed by atoms with Crippen LogP contribution in [0, 0.1) is 0 Å². The van der Waals surface area contributed by atoms with Crippen LogP contribution in [-0.2, 0) is 19.9 Å². The summed E-state index contributed by atoms with van der Waals surface area (Å²) in [5, 5.41) is 0. The average Bonchev–Trinajstić information content (AvgIpc) is 3.02. The summed E-state index contributed by atoms with van der Waals surface area (Å²) in [6, 6.07) is 7.61. The van der Waals surface area contributed by atoms with Crippen molar-refractivity contribution in [1.29, 1.82) is 0 Å². The first-order valence-corrected chi connectivity index (χ1v) is 6.00. The lowest BCUT2D eigenvalue weighted by Crippen LogP contribution is -2.17. The minimum atomic E-state index is -0.566. The Hall–Kier alpha value is -1.55. The summed E-state index contributed by atoms with van der Waals surface area (Å²) in [5.74, 6) is 0.479. The predicted molar refractivity (Wildman–Crippen MR) is 66.4 cm³/mol. The number of carbonyl (C=O) groups excluding carboxylic acids is 1. The molecule has 0 amide bonds. The van der Waals surface area contributed by atoms with Crippen molar-refractivity contribution in [2.45, 2.75) is 38.6 Å². The third kappa shape index (κ3) is 2.34. The summed E-state index contributed by atoms with van der Waals surface area (Å²) in [4.78, 5) is 11.4. The van der Waals surface area contributed by atoms with Crippen molar-refractivity contribution in [3.63, 3.8) is 0 Å². The lowest BCUT2D eigenvalue weighted by atomic mass is 9.97. The zero-order chi connectivity index (χ0) is 13.3. The van der Waals surface area contributed by atoms with Crippen molar-refractivity contribution < 1.29 is 19.0 Å². The van der Waals surface area contributed by atoms with Gasteiger partial charge in [0.1, 0.15) is 11.4 Å². The van der Waals surface area contributed by atoms with E-state index in [9.17, 15) is 4.79 Å². The number of hydrogen-bond donors (Lipinski definition) is 0. The summed E-state index contributed by atoms with van der Waals surface area (Å²) in [6.07, 6.45) is -0.356. The molecule has 2 atom stereocenters. The number of ether oxygens (including phenoxy) is 3. The standard InChI is InChI=1S/C14H18O4/c1-9(2)17-11-7-5-10(6-8-11)14(3)12(18-14)13(15)16-4/h5-9,12H,1-4H3. The van der Waals surface area contributed by atoms with E-state index in [2.05, 4.69) is 4.74 Å². The quantitative estimate of drug-likeness (QED) is 0.607. The van der Waals surface area contributed by atoms with E-state index in [1.807, 2.05) is 45.0 Å². The molecule has 0 spiro atoms. The number of methoxy groups -OCH3 is 1. The fourth-order valence-corrected chi connectivity index (χ4v) is 1.95. The Kier molecular flexibility index (Phi) is 3.30. The molecule has 0 radical (unpaired) electrons. The summed E-state index contributed by atoms with van der Waals surface area (Å²) in [5.41, 5.74) is 0.387. The number of hydrogen-bond acceptors (Lipinski definition) is 4. The highest BCUT2D eigenvalue weighted by Gasteiger charge is 2.59. The molecular weight excluding hydrogens is 232 g/mol. The summed E-state index contributed by atoms with van der Waals surface area (Å²) in [7, 11) is 1.37. The van der Waals surface area contributed by atoms with Crippen LogP contribution in [0.15, 0.2) is 24.3 Å². The molecule has 1 aliphatic heterocycles. The Morgan fingerprint density at radius 1 is 1.33 bits per heavy atom. The lowest BCUT2D eigenvalue weighted by Gasteiger charge is -2.11. The van der Waals surface area contributed by atoms with Crippen LogP contribution in [0.1, 0.15) is 26.3 Å². The van der Waals surface area contributed by atoms with Crippen LogP contribution in [0.2, 0.25) is 0 Å². The first-order chi connectivity index (χ1) is 8.47. The maximum absolute atomic E-state index is 11.4. The normalized spacial score (nSPS) is 25.9. The Morgan fingerprint density at radius 3 is 2.44 bits per heavy atom. The minimum absolute atomic E-state index is 0.145. The van der Waals surface area contributed by atoms with Crippen molar-refractivity contribution in [2.24, 2.45) is 0 Å². The molecule has 0 aromatic heterocycles. The zero-order valence-electron chi connectivity index (χ0n) is 11.1. The van der Waals surface area contributed by atoms with Crippen LogP contribution < -0.4 is 4.74 Å². The van der Waals surface area contributed by atoms with E-state index in [1.165, 1.54) is 7.11 Å². The van der Waals surface area contributed by atoms with Crippen LogP contribution in [0.25, 0.3) is 0 Å². The number of rotatable bonds is 4. The van der Waals surface area contributed by atoms with E-state index in [1.54, 1.807) is 0 Å². The van der Waals surface area contributed by atoms with Crippen LogP contribution in [0.3, 0.4) is 0 Å². The molecule has 4 heteroatoms. The fraction of sp³-hybridized carbons (Fsp3) is 0.500. The number of esters is 1. The Morgan fingerprint density at radius 2 is 1.94 bits per heavy atom. The van der Waals surface area contributed by atoms with E-state index >= 15 is 0 Å². The van der Waals surface area contributed by atoms with Crippen LogP contribution in [-0.4, -0.2) is 25.3 Å². The summed E-state index contributed by atoms with van der Waals surface area (Å²) in [6.45, 7) is 5.84. The van der Waals surface area contributed by atoms with E-state index in [0.29, 0.717) is 0 Å². The van der Waals surface area contributed by atoms with Gasteiger partial charge in [0.05, 0.1) is 13.2 Å². The molecule has 1 aromatic carbocycles. The summed E-state index contributed by atoms with van der Waals surface area (Å²) >= 11 is 0. The van der Waals surface area contributed by atoms with Gasteiger partial charge in [0.15, 0.2) is 6.10 Å². The molecule has 2 rings (SSSR count). The fourth-order valence-electron chi connectivity index (χ4n) is 1.95. The van der Waals surface area contributed by atoms with E-state index in [-0.39, 0.29) is 12.1 Å². The Bertz CT molecular complexity index is 438. The Labute approximate surface area is 107 Å². The van der Waals surface area contributed by atoms with Gasteiger partial charge in [-0.1, -0.05) is 12.1 Å². The Balaban J connectivity index is 2.09. The maximum Gasteiger partial charge on any atom is 0.338 e. The van der Waals surface area contributed by atoms with E-state index < -0.39 is 11.7 Å². The second-order valence-corrected chi connectivity index (χ2v) is 4.82. The van der Waals surface area contributed by atoms with Gasteiger partial charge in [-0.05, 0) is 38.5 Å². The van der Waals surface area contributed by atoms with Crippen LogP contribution in [0.4, 0.5) is 0 Å². The number of epoxide rings is 1. The lowest BCUT2D eigenvalue weighted by molar-refractivity contribution is -0.142. The molecule has 18 heavy (non-hydrogen) atoms. The third-order valence-electron chi connectivity index (χ3n) is 3.02. The van der Waals surface area contributed by atoms with Crippen molar-refractivity contribution in [3.8, 4) is 5.75 Å². The maximum atomic E-state index is 11.4. The second kappa shape index (κ2) is 4.61. The van der Waals surface area contributed by atoms with Crippen molar-refractivity contribution in [2.75, 3.05) is 7.11 Å². The van der Waals surface area contributed by atoms with Gasteiger partial charge in [0, 0.05) is 0 Å². The predicted octanol–water partition coefficient (Wildman–Crippen LogP) is 2.26. The molecule has 4 nitrogen and oxygen atoms in total. The molecule has 1 fully saturated rings. The van der Waals surface area contributed by atoms with Crippen molar-refractivity contribution in [1.82, 2.24) is 0 Å². The number of carbonyl (C=O) groups is 1. The highest BCUT2D eigenvalue weighted by molar-refractivity contribution is 5.79. The highest BCUT2D eigenvalue weighted by atomic mass is 16.6. The molecule has 1 saturated heterocycles. The molecule has 1 heterocycles. The average molecular weight is 250 g/mol. The van der Waals surface area contributed by atoms with Gasteiger partial charge in [0.25, 0.3) is 0 Å². The zero-order valence-corrected chi connectivity index (χ0v) is 11.1.